The predicted molar refractivity (Wildman–Crippen MR) is 62.4 cm³/mol. The molecular formula is C12H11N3O. The maximum Gasteiger partial charge on any atom is 0.119 e. The minimum absolute atomic E-state index is 0.864. The van der Waals surface area contributed by atoms with Gasteiger partial charge in [-0.15, -0.1) is 0 Å². The van der Waals surface area contributed by atoms with Gasteiger partial charge < -0.3 is 9.72 Å². The van der Waals surface area contributed by atoms with Crippen molar-refractivity contribution < 1.29 is 4.74 Å². The maximum absolute atomic E-state index is 5.19. The van der Waals surface area contributed by atoms with Gasteiger partial charge in [0.05, 0.1) is 18.5 Å². The molecule has 0 saturated carbocycles. The second kappa shape index (κ2) is 3.41. The Kier molecular flexibility index (Phi) is 1.93. The summed E-state index contributed by atoms with van der Waals surface area (Å²) in [4.78, 5) is 3.32. The van der Waals surface area contributed by atoms with Crippen molar-refractivity contribution in [3.05, 3.63) is 36.5 Å². The number of hydrogen-bond acceptors (Lipinski definition) is 2. The van der Waals surface area contributed by atoms with Gasteiger partial charge in [-0.1, -0.05) is 0 Å². The molecule has 2 heterocycles. The number of ether oxygens (including phenoxy) is 1. The highest BCUT2D eigenvalue weighted by Crippen LogP contribution is 2.25. The molecule has 3 aromatic rings. The van der Waals surface area contributed by atoms with Crippen LogP contribution in [0.5, 0.6) is 5.75 Å². The fourth-order valence-corrected chi connectivity index (χ4v) is 1.79. The first-order valence-electron chi connectivity index (χ1n) is 5.03. The van der Waals surface area contributed by atoms with Gasteiger partial charge in [0.2, 0.25) is 0 Å². The standard InChI is InChI=1S/C12H11N3O/c1-16-9-2-3-10-8(6-9)7-12(14-10)11-4-5-13-15-11/h2-7,14H,1H3,(H,13,15). The van der Waals surface area contributed by atoms with E-state index < -0.39 is 0 Å². The Bertz CT molecular complexity index is 610. The van der Waals surface area contributed by atoms with E-state index >= 15 is 0 Å². The zero-order valence-electron chi connectivity index (χ0n) is 8.82. The minimum atomic E-state index is 0.864. The molecule has 80 valence electrons. The van der Waals surface area contributed by atoms with E-state index in [1.807, 2.05) is 24.3 Å². The molecule has 0 atom stereocenters. The Balaban J connectivity index is 2.16. The Morgan fingerprint density at radius 1 is 1.12 bits per heavy atom. The lowest BCUT2D eigenvalue weighted by Crippen LogP contribution is -1.80. The lowest BCUT2D eigenvalue weighted by molar-refractivity contribution is 0.415. The van der Waals surface area contributed by atoms with Crippen molar-refractivity contribution in [3.8, 4) is 17.1 Å². The molecule has 0 fully saturated rings. The minimum Gasteiger partial charge on any atom is -0.497 e. The highest BCUT2D eigenvalue weighted by Gasteiger charge is 2.04. The second-order valence-corrected chi connectivity index (χ2v) is 3.61. The summed E-state index contributed by atoms with van der Waals surface area (Å²) in [6.07, 6.45) is 1.74. The summed E-state index contributed by atoms with van der Waals surface area (Å²) in [5, 5.41) is 7.99. The molecule has 3 rings (SSSR count). The molecule has 0 radical (unpaired) electrons. The molecule has 0 aliphatic rings. The number of benzene rings is 1. The number of aromatic nitrogens is 3. The number of nitrogens with zero attached hydrogens (tertiary/aromatic N) is 1. The highest BCUT2D eigenvalue weighted by atomic mass is 16.5. The van der Waals surface area contributed by atoms with Crippen LogP contribution in [0.2, 0.25) is 0 Å². The molecule has 2 aromatic heterocycles. The fourth-order valence-electron chi connectivity index (χ4n) is 1.79. The van der Waals surface area contributed by atoms with Gasteiger partial charge in [-0.3, -0.25) is 5.10 Å². The van der Waals surface area contributed by atoms with Crippen LogP contribution in [0.25, 0.3) is 22.3 Å². The van der Waals surface area contributed by atoms with Crippen molar-refractivity contribution in [2.45, 2.75) is 0 Å². The van der Waals surface area contributed by atoms with Crippen molar-refractivity contribution in [1.29, 1.82) is 0 Å². The van der Waals surface area contributed by atoms with Crippen molar-refractivity contribution in [1.82, 2.24) is 15.2 Å². The number of rotatable bonds is 2. The molecule has 0 amide bonds. The van der Waals surface area contributed by atoms with Crippen LogP contribution in [0.1, 0.15) is 0 Å². The van der Waals surface area contributed by atoms with E-state index in [4.69, 9.17) is 4.74 Å². The Morgan fingerprint density at radius 2 is 2.06 bits per heavy atom. The Hall–Kier alpha value is -2.23. The first kappa shape index (κ1) is 9.03. The van der Waals surface area contributed by atoms with Crippen molar-refractivity contribution in [2.75, 3.05) is 7.11 Å². The highest BCUT2D eigenvalue weighted by molar-refractivity contribution is 5.86. The van der Waals surface area contributed by atoms with Gasteiger partial charge in [0.1, 0.15) is 5.75 Å². The summed E-state index contributed by atoms with van der Waals surface area (Å²) in [6.45, 7) is 0. The van der Waals surface area contributed by atoms with Gasteiger partial charge >= 0.3 is 0 Å². The molecule has 0 unspecified atom stereocenters. The molecule has 2 N–H and O–H groups in total. The lowest BCUT2D eigenvalue weighted by Gasteiger charge is -1.97. The van der Waals surface area contributed by atoms with Crippen LogP contribution < -0.4 is 4.74 Å². The van der Waals surface area contributed by atoms with Crippen LogP contribution >= 0.6 is 0 Å². The van der Waals surface area contributed by atoms with E-state index in [-0.39, 0.29) is 0 Å². The number of H-pyrrole nitrogens is 2. The summed E-state index contributed by atoms with van der Waals surface area (Å²) in [7, 11) is 1.67. The lowest BCUT2D eigenvalue weighted by atomic mass is 10.2. The van der Waals surface area contributed by atoms with Crippen LogP contribution in [-0.4, -0.2) is 22.3 Å². The number of hydrogen-bond donors (Lipinski definition) is 2. The molecule has 0 aliphatic carbocycles. The summed E-state index contributed by atoms with van der Waals surface area (Å²) in [6, 6.07) is 9.96. The molecule has 0 saturated heterocycles. The number of aromatic amines is 2. The SMILES string of the molecule is COc1ccc2[nH]c(-c3ccn[nH]3)cc2c1. The average Bonchev–Trinajstić information content (AvgIpc) is 2.96. The predicted octanol–water partition coefficient (Wildman–Crippen LogP) is 2.57. The third-order valence-corrected chi connectivity index (χ3v) is 2.62. The zero-order valence-corrected chi connectivity index (χ0v) is 8.82. The second-order valence-electron chi connectivity index (χ2n) is 3.61. The van der Waals surface area contributed by atoms with Crippen LogP contribution in [0.3, 0.4) is 0 Å². The molecule has 1 aromatic carbocycles. The summed E-state index contributed by atoms with van der Waals surface area (Å²) in [5.74, 6) is 0.864. The summed E-state index contributed by atoms with van der Waals surface area (Å²) >= 11 is 0. The molecule has 0 spiro atoms. The largest absolute Gasteiger partial charge is 0.497 e. The third kappa shape index (κ3) is 1.35. The molecule has 0 bridgehead atoms. The molecule has 0 aliphatic heterocycles. The fraction of sp³-hybridized carbons (Fsp3) is 0.0833. The van der Waals surface area contributed by atoms with Crippen molar-refractivity contribution in [3.63, 3.8) is 0 Å². The number of nitrogens with one attached hydrogen (secondary N) is 2. The monoisotopic (exact) mass is 213 g/mol. The van der Waals surface area contributed by atoms with Crippen LogP contribution in [0.4, 0.5) is 0 Å². The van der Waals surface area contributed by atoms with Gasteiger partial charge in [-0.25, -0.2) is 0 Å². The molecule has 16 heavy (non-hydrogen) atoms. The Labute approximate surface area is 92.3 Å². The van der Waals surface area contributed by atoms with Gasteiger partial charge in [-0.05, 0) is 30.3 Å². The third-order valence-electron chi connectivity index (χ3n) is 2.62. The normalized spacial score (nSPS) is 10.8. The first-order valence-corrected chi connectivity index (χ1v) is 5.03. The number of methoxy groups -OCH3 is 1. The van der Waals surface area contributed by atoms with Crippen molar-refractivity contribution >= 4 is 10.9 Å². The quantitative estimate of drug-likeness (QED) is 0.687. The smallest absolute Gasteiger partial charge is 0.119 e. The first-order chi connectivity index (χ1) is 7.86. The molecular weight excluding hydrogens is 202 g/mol. The Morgan fingerprint density at radius 3 is 2.81 bits per heavy atom. The van der Waals surface area contributed by atoms with E-state index in [9.17, 15) is 0 Å². The van der Waals surface area contributed by atoms with Crippen LogP contribution in [0.15, 0.2) is 36.5 Å². The van der Waals surface area contributed by atoms with E-state index in [1.54, 1.807) is 13.3 Å². The molecule has 4 heteroatoms. The van der Waals surface area contributed by atoms with E-state index in [0.29, 0.717) is 0 Å². The van der Waals surface area contributed by atoms with Gasteiger partial charge in [0.15, 0.2) is 0 Å². The van der Waals surface area contributed by atoms with E-state index in [1.165, 1.54) is 0 Å². The summed E-state index contributed by atoms with van der Waals surface area (Å²) < 4.78 is 5.19. The van der Waals surface area contributed by atoms with Crippen molar-refractivity contribution in [2.24, 2.45) is 0 Å². The summed E-state index contributed by atoms with van der Waals surface area (Å²) in [5.41, 5.74) is 3.10. The van der Waals surface area contributed by atoms with Crippen LogP contribution in [0, 0.1) is 0 Å². The van der Waals surface area contributed by atoms with E-state index in [0.717, 1.165) is 28.0 Å². The average molecular weight is 213 g/mol. The van der Waals surface area contributed by atoms with Gasteiger partial charge in [0.25, 0.3) is 0 Å². The van der Waals surface area contributed by atoms with Gasteiger partial charge in [0, 0.05) is 17.1 Å². The maximum atomic E-state index is 5.19. The molecule has 4 nitrogen and oxygen atoms in total. The topological polar surface area (TPSA) is 53.7 Å². The zero-order chi connectivity index (χ0) is 11.0. The van der Waals surface area contributed by atoms with Gasteiger partial charge in [-0.2, -0.15) is 5.10 Å². The number of fused-ring (bicyclic) bond motifs is 1. The van der Waals surface area contributed by atoms with E-state index in [2.05, 4.69) is 21.2 Å². The van der Waals surface area contributed by atoms with Crippen LogP contribution in [-0.2, 0) is 0 Å².